The second kappa shape index (κ2) is 17.6. The molecule has 2 fully saturated rings. The molecule has 1 aliphatic carbocycles. The summed E-state index contributed by atoms with van der Waals surface area (Å²) in [6, 6.07) is 5.87. The van der Waals surface area contributed by atoms with Crippen LogP contribution in [-0.2, 0) is 19.1 Å². The molecule has 0 radical (unpaired) electrons. The summed E-state index contributed by atoms with van der Waals surface area (Å²) in [4.78, 5) is 46.9. The van der Waals surface area contributed by atoms with Gasteiger partial charge in [-0.25, -0.2) is 4.98 Å². The average Bonchev–Trinajstić information content (AvgIpc) is 3.75. The molecule has 242 valence electrons. The van der Waals surface area contributed by atoms with E-state index in [9.17, 15) is 14.4 Å². The number of aromatic nitrogens is 1. The van der Waals surface area contributed by atoms with Crippen LogP contribution in [0, 0.1) is 5.92 Å². The lowest BCUT2D eigenvalue weighted by Crippen LogP contribution is -2.55. The van der Waals surface area contributed by atoms with E-state index < -0.39 is 6.04 Å². The van der Waals surface area contributed by atoms with Gasteiger partial charge in [-0.15, -0.1) is 11.3 Å². The molecule has 1 aliphatic heterocycles. The van der Waals surface area contributed by atoms with Gasteiger partial charge in [-0.3, -0.25) is 14.4 Å². The van der Waals surface area contributed by atoms with Crippen LogP contribution in [0.15, 0.2) is 29.6 Å². The zero-order valence-electron chi connectivity index (χ0n) is 25.9. The lowest BCUT2D eigenvalue weighted by molar-refractivity contribution is -0.139. The number of nitrogens with one attached hydrogen (secondary N) is 2. The molecule has 2 aliphatic rings. The molecule has 44 heavy (non-hydrogen) atoms. The number of ether oxygens (including phenoxy) is 3. The first-order valence-corrected chi connectivity index (χ1v) is 16.7. The Bertz CT molecular complexity index is 1220. The van der Waals surface area contributed by atoms with E-state index in [0.29, 0.717) is 63.1 Å². The summed E-state index contributed by atoms with van der Waals surface area (Å²) in [5, 5.41) is 8.56. The van der Waals surface area contributed by atoms with Crippen molar-refractivity contribution >= 4 is 28.9 Å². The van der Waals surface area contributed by atoms with Crippen molar-refractivity contribution in [2.45, 2.75) is 70.0 Å². The molecular formula is C32H47N5O6S. The Balaban J connectivity index is 1.38. The highest BCUT2D eigenvalue weighted by Gasteiger charge is 2.40. The molecule has 2 amide bonds. The van der Waals surface area contributed by atoms with E-state index >= 15 is 0 Å². The van der Waals surface area contributed by atoms with Gasteiger partial charge in [-0.1, -0.05) is 31.4 Å². The Morgan fingerprint density at radius 1 is 1.05 bits per heavy atom. The molecule has 1 saturated heterocycles. The summed E-state index contributed by atoms with van der Waals surface area (Å²) >= 11 is 1.40. The number of thiazole rings is 1. The number of hydrogen-bond acceptors (Lipinski definition) is 10. The lowest BCUT2D eigenvalue weighted by Gasteiger charge is -2.35. The highest BCUT2D eigenvalue weighted by atomic mass is 32.1. The van der Waals surface area contributed by atoms with Crippen molar-refractivity contribution in [3.63, 3.8) is 0 Å². The number of hydrogen-bond donors (Lipinski definition) is 3. The first-order valence-electron chi connectivity index (χ1n) is 15.8. The van der Waals surface area contributed by atoms with Crippen LogP contribution in [0.25, 0.3) is 0 Å². The third kappa shape index (κ3) is 9.31. The molecule has 1 aromatic heterocycles. The quantitative estimate of drug-likeness (QED) is 0.178. The molecule has 0 bridgehead atoms. The highest BCUT2D eigenvalue weighted by Crippen LogP contribution is 2.36. The normalized spacial score (nSPS) is 18.6. The third-order valence-electron chi connectivity index (χ3n) is 8.31. The van der Waals surface area contributed by atoms with Gasteiger partial charge in [0.15, 0.2) is 0 Å². The highest BCUT2D eigenvalue weighted by molar-refractivity contribution is 7.10. The van der Waals surface area contributed by atoms with Crippen molar-refractivity contribution in [2.24, 2.45) is 11.7 Å². The van der Waals surface area contributed by atoms with Crippen molar-refractivity contribution in [2.75, 3.05) is 53.2 Å². The summed E-state index contributed by atoms with van der Waals surface area (Å²) < 4.78 is 16.5. The van der Waals surface area contributed by atoms with E-state index in [1.807, 2.05) is 4.90 Å². The minimum absolute atomic E-state index is 0.0453. The molecule has 1 aromatic carbocycles. The number of benzene rings is 1. The monoisotopic (exact) mass is 629 g/mol. The predicted molar refractivity (Wildman–Crippen MR) is 169 cm³/mol. The minimum atomic E-state index is -0.558. The lowest BCUT2D eigenvalue weighted by atomic mass is 9.83. The van der Waals surface area contributed by atoms with Crippen LogP contribution in [0.5, 0.6) is 5.75 Å². The number of nitrogens with zero attached hydrogens (tertiary/aromatic N) is 2. The molecule has 2 aromatic rings. The topological polar surface area (TPSA) is 145 Å². The standard InChI is InChI=1S/C32H47N5O6S/c1-22(34-2)30(39)36-28(23-8-4-3-5-9-23)32(40)37-14-7-12-27(37)31-35-26(21-44-31)29(38)24-10-6-11-25(20-24)43-19-18-42-17-16-41-15-13-33/h6,10-11,20-23,27-28,34H,3-5,7-9,12-19,33H2,1-2H3,(H,36,39)/t22?,27-,28-/m0/s1. The van der Waals surface area contributed by atoms with Crippen molar-refractivity contribution in [3.8, 4) is 5.75 Å². The first-order chi connectivity index (χ1) is 21.4. The van der Waals surface area contributed by atoms with E-state index in [0.717, 1.165) is 50.0 Å². The van der Waals surface area contributed by atoms with Gasteiger partial charge in [0.2, 0.25) is 17.6 Å². The molecule has 12 heteroatoms. The molecule has 11 nitrogen and oxygen atoms in total. The Labute approximate surface area is 264 Å². The molecule has 2 heterocycles. The van der Waals surface area contributed by atoms with Crippen LogP contribution in [0.4, 0.5) is 0 Å². The van der Waals surface area contributed by atoms with Crippen LogP contribution < -0.4 is 21.1 Å². The van der Waals surface area contributed by atoms with E-state index in [-0.39, 0.29) is 35.6 Å². The molecule has 4 N–H and O–H groups in total. The number of rotatable bonds is 17. The first kappa shape index (κ1) is 34.0. The molecule has 4 rings (SSSR count). The SMILES string of the molecule is CNC(C)C(=O)N[C@H](C(=O)N1CCC[C@H]1c1nc(C(=O)c2cccc(OCCOCCOCCN)c2)cs1)C1CCCCC1. The minimum Gasteiger partial charge on any atom is -0.491 e. The second-order valence-corrected chi connectivity index (χ2v) is 12.3. The molecule has 1 saturated carbocycles. The average molecular weight is 630 g/mol. The number of carbonyl (C=O) groups is 3. The van der Waals surface area contributed by atoms with Gasteiger partial charge in [-0.05, 0) is 57.7 Å². The Morgan fingerprint density at radius 3 is 2.55 bits per heavy atom. The number of amides is 2. The van der Waals surface area contributed by atoms with Gasteiger partial charge < -0.3 is 35.5 Å². The maximum Gasteiger partial charge on any atom is 0.246 e. The Hall–Kier alpha value is -2.90. The van der Waals surface area contributed by atoms with E-state index in [2.05, 4.69) is 10.6 Å². The van der Waals surface area contributed by atoms with Crippen molar-refractivity contribution < 1.29 is 28.6 Å². The number of ketones is 1. The Morgan fingerprint density at radius 2 is 1.80 bits per heavy atom. The van der Waals surface area contributed by atoms with Gasteiger partial charge in [0, 0.05) is 24.0 Å². The van der Waals surface area contributed by atoms with Gasteiger partial charge in [0.25, 0.3) is 0 Å². The van der Waals surface area contributed by atoms with Crippen LogP contribution in [0.1, 0.15) is 79.0 Å². The zero-order chi connectivity index (χ0) is 31.3. The fraction of sp³-hybridized carbons (Fsp3) is 0.625. The van der Waals surface area contributed by atoms with Crippen LogP contribution >= 0.6 is 11.3 Å². The van der Waals surface area contributed by atoms with Gasteiger partial charge in [0.1, 0.15) is 29.1 Å². The van der Waals surface area contributed by atoms with Crippen LogP contribution in [-0.4, -0.2) is 92.7 Å². The third-order valence-corrected chi connectivity index (χ3v) is 9.26. The summed E-state index contributed by atoms with van der Waals surface area (Å²) in [7, 11) is 1.74. The largest absolute Gasteiger partial charge is 0.491 e. The number of likely N-dealkylation sites (tertiary alicyclic amines) is 1. The fourth-order valence-corrected chi connectivity index (χ4v) is 6.71. The summed E-state index contributed by atoms with van der Waals surface area (Å²) in [6.45, 7) is 5.08. The van der Waals surface area contributed by atoms with E-state index in [1.165, 1.54) is 11.3 Å². The van der Waals surface area contributed by atoms with E-state index in [1.54, 1.807) is 43.6 Å². The molecule has 1 unspecified atom stereocenters. The van der Waals surface area contributed by atoms with Gasteiger partial charge >= 0.3 is 0 Å². The smallest absolute Gasteiger partial charge is 0.246 e. The van der Waals surface area contributed by atoms with Crippen molar-refractivity contribution in [3.05, 3.63) is 45.9 Å². The summed E-state index contributed by atoms with van der Waals surface area (Å²) in [5.74, 6) is 0.285. The second-order valence-electron chi connectivity index (χ2n) is 11.4. The van der Waals surface area contributed by atoms with E-state index in [4.69, 9.17) is 24.9 Å². The molecule has 3 atom stereocenters. The van der Waals surface area contributed by atoms with Gasteiger partial charge in [-0.2, -0.15) is 0 Å². The van der Waals surface area contributed by atoms with Crippen LogP contribution in [0.2, 0.25) is 0 Å². The molecule has 0 spiro atoms. The number of likely N-dealkylation sites (N-methyl/N-ethyl adjacent to an activating group) is 1. The van der Waals surface area contributed by atoms with Gasteiger partial charge in [0.05, 0.1) is 38.5 Å². The number of carbonyl (C=O) groups excluding carboxylic acids is 3. The van der Waals surface area contributed by atoms with Crippen molar-refractivity contribution in [1.29, 1.82) is 0 Å². The maximum absolute atomic E-state index is 14.0. The van der Waals surface area contributed by atoms with Crippen LogP contribution in [0.3, 0.4) is 0 Å². The summed E-state index contributed by atoms with van der Waals surface area (Å²) in [5.41, 5.74) is 6.22. The summed E-state index contributed by atoms with van der Waals surface area (Å²) in [6.07, 6.45) is 6.78. The maximum atomic E-state index is 14.0. The Kier molecular flexibility index (Phi) is 13.6. The molecular weight excluding hydrogens is 582 g/mol. The zero-order valence-corrected chi connectivity index (χ0v) is 26.7. The number of nitrogens with two attached hydrogens (primary N) is 1. The predicted octanol–water partition coefficient (Wildman–Crippen LogP) is 3.08. The fourth-order valence-electron chi connectivity index (χ4n) is 5.77. The van der Waals surface area contributed by atoms with Crippen molar-refractivity contribution in [1.82, 2.24) is 20.5 Å².